The topological polar surface area (TPSA) is 53.4 Å². The van der Waals surface area contributed by atoms with Crippen LogP contribution in [0.3, 0.4) is 0 Å². The zero-order chi connectivity index (χ0) is 14.8. The summed E-state index contributed by atoms with van der Waals surface area (Å²) in [6.07, 6.45) is 3.06. The Balaban J connectivity index is 1.71. The minimum Gasteiger partial charge on any atom is -0.477 e. The van der Waals surface area contributed by atoms with Gasteiger partial charge in [-0.2, -0.15) is 0 Å². The number of nitrogens with zero attached hydrogens (tertiary/aromatic N) is 2. The summed E-state index contributed by atoms with van der Waals surface area (Å²) in [5.41, 5.74) is 2.07. The number of thiazole rings is 1. The van der Waals surface area contributed by atoms with Gasteiger partial charge in [0.2, 0.25) is 0 Å². The molecule has 1 fully saturated rings. The molecule has 0 bridgehead atoms. The smallest absolute Gasteiger partial charge is 0.347 e. The summed E-state index contributed by atoms with van der Waals surface area (Å²) in [7, 11) is 1.98. The van der Waals surface area contributed by atoms with E-state index < -0.39 is 5.97 Å². The Morgan fingerprint density at radius 3 is 2.71 bits per heavy atom. The number of carboxylic acids is 1. The lowest BCUT2D eigenvalue weighted by atomic mass is 10.1. The van der Waals surface area contributed by atoms with Gasteiger partial charge in [-0.05, 0) is 24.8 Å². The van der Waals surface area contributed by atoms with Crippen molar-refractivity contribution in [2.45, 2.75) is 25.2 Å². The average molecular weight is 302 g/mol. The monoisotopic (exact) mass is 302 g/mol. The van der Waals surface area contributed by atoms with Crippen molar-refractivity contribution in [2.24, 2.45) is 0 Å². The average Bonchev–Trinajstić information content (AvgIpc) is 3.24. The number of anilines is 1. The third-order valence-corrected chi connectivity index (χ3v) is 4.88. The van der Waals surface area contributed by atoms with E-state index in [0.29, 0.717) is 10.8 Å². The molecule has 1 N–H and O–H groups in total. The number of hydrogen-bond acceptors (Lipinski definition) is 4. The van der Waals surface area contributed by atoms with Crippen molar-refractivity contribution in [1.82, 2.24) is 4.98 Å². The minimum absolute atomic E-state index is 0.364. The van der Waals surface area contributed by atoms with Crippen molar-refractivity contribution in [3.8, 4) is 0 Å². The zero-order valence-electron chi connectivity index (χ0n) is 12.0. The third-order valence-electron chi connectivity index (χ3n) is 3.71. The lowest BCUT2D eigenvalue weighted by Gasteiger charge is -2.15. The number of aromatic nitrogens is 1. The fourth-order valence-corrected chi connectivity index (χ4v) is 3.29. The molecule has 0 saturated heterocycles. The zero-order valence-corrected chi connectivity index (χ0v) is 12.8. The number of aromatic carboxylic acids is 1. The SMILES string of the molecule is CN(CCc1ccccc1)c1nc(C2CC2)c(C(=O)O)s1. The summed E-state index contributed by atoms with van der Waals surface area (Å²) in [5.74, 6) is -0.485. The Kier molecular flexibility index (Phi) is 3.92. The van der Waals surface area contributed by atoms with E-state index in [-0.39, 0.29) is 0 Å². The second kappa shape index (κ2) is 5.85. The number of carbonyl (C=O) groups is 1. The van der Waals surface area contributed by atoms with Gasteiger partial charge < -0.3 is 10.0 Å². The van der Waals surface area contributed by atoms with Crippen LogP contribution in [0.4, 0.5) is 5.13 Å². The molecule has 0 amide bonds. The van der Waals surface area contributed by atoms with Gasteiger partial charge in [-0.1, -0.05) is 41.7 Å². The van der Waals surface area contributed by atoms with Crippen LogP contribution in [0.25, 0.3) is 0 Å². The summed E-state index contributed by atoms with van der Waals surface area (Å²) in [6, 6.07) is 10.3. The van der Waals surface area contributed by atoms with E-state index in [0.717, 1.165) is 36.6 Å². The number of hydrogen-bond donors (Lipinski definition) is 1. The predicted octanol–water partition coefficient (Wildman–Crippen LogP) is 3.40. The van der Waals surface area contributed by atoms with Gasteiger partial charge in [-0.3, -0.25) is 0 Å². The maximum atomic E-state index is 11.3. The molecular weight excluding hydrogens is 284 g/mol. The molecule has 1 aromatic carbocycles. The van der Waals surface area contributed by atoms with Crippen LogP contribution in [0.2, 0.25) is 0 Å². The van der Waals surface area contributed by atoms with Crippen LogP contribution in [0.15, 0.2) is 30.3 Å². The Labute approximate surface area is 128 Å². The molecule has 4 nitrogen and oxygen atoms in total. The van der Waals surface area contributed by atoms with Crippen LogP contribution in [0.5, 0.6) is 0 Å². The highest BCUT2D eigenvalue weighted by atomic mass is 32.1. The summed E-state index contributed by atoms with van der Waals surface area (Å²) < 4.78 is 0. The molecule has 0 radical (unpaired) electrons. The van der Waals surface area contributed by atoms with E-state index >= 15 is 0 Å². The van der Waals surface area contributed by atoms with Crippen molar-refractivity contribution in [3.63, 3.8) is 0 Å². The Morgan fingerprint density at radius 2 is 2.10 bits per heavy atom. The van der Waals surface area contributed by atoms with Crippen molar-refractivity contribution < 1.29 is 9.90 Å². The van der Waals surface area contributed by atoms with Gasteiger partial charge >= 0.3 is 5.97 Å². The normalized spacial score (nSPS) is 14.1. The highest BCUT2D eigenvalue weighted by molar-refractivity contribution is 7.17. The maximum absolute atomic E-state index is 11.3. The molecule has 2 aromatic rings. The second-order valence-corrected chi connectivity index (χ2v) is 6.42. The van der Waals surface area contributed by atoms with E-state index in [1.54, 1.807) is 0 Å². The van der Waals surface area contributed by atoms with Crippen LogP contribution >= 0.6 is 11.3 Å². The van der Waals surface area contributed by atoms with Gasteiger partial charge in [0.1, 0.15) is 4.88 Å². The molecule has 0 spiro atoms. The van der Waals surface area contributed by atoms with Gasteiger partial charge in [-0.15, -0.1) is 0 Å². The highest BCUT2D eigenvalue weighted by Crippen LogP contribution is 2.44. The Morgan fingerprint density at radius 1 is 1.38 bits per heavy atom. The Bertz CT molecular complexity index is 635. The predicted molar refractivity (Wildman–Crippen MR) is 84.5 cm³/mol. The molecule has 1 saturated carbocycles. The number of benzene rings is 1. The molecule has 0 unspecified atom stereocenters. The van der Waals surface area contributed by atoms with Gasteiger partial charge in [0.25, 0.3) is 0 Å². The van der Waals surface area contributed by atoms with Crippen molar-refractivity contribution >= 4 is 22.4 Å². The van der Waals surface area contributed by atoms with Crippen LogP contribution < -0.4 is 4.90 Å². The van der Waals surface area contributed by atoms with Crippen molar-refractivity contribution in [1.29, 1.82) is 0 Å². The first-order valence-corrected chi connectivity index (χ1v) is 7.96. The van der Waals surface area contributed by atoms with E-state index in [4.69, 9.17) is 0 Å². The van der Waals surface area contributed by atoms with E-state index in [1.165, 1.54) is 16.9 Å². The molecular formula is C16H18N2O2S. The standard InChI is InChI=1S/C16H18N2O2S/c1-18(10-9-11-5-3-2-4-6-11)16-17-13(12-7-8-12)14(21-16)15(19)20/h2-6,12H,7-10H2,1H3,(H,19,20). The van der Waals surface area contributed by atoms with Gasteiger partial charge in [-0.25, -0.2) is 9.78 Å². The second-order valence-electron chi connectivity index (χ2n) is 5.45. The summed E-state index contributed by atoms with van der Waals surface area (Å²) in [4.78, 5) is 18.4. The summed E-state index contributed by atoms with van der Waals surface area (Å²) in [6.45, 7) is 0.834. The molecule has 110 valence electrons. The summed E-state index contributed by atoms with van der Waals surface area (Å²) in [5, 5.41) is 10.1. The number of likely N-dealkylation sites (N-methyl/N-ethyl adjacent to an activating group) is 1. The van der Waals surface area contributed by atoms with Gasteiger partial charge in [0.05, 0.1) is 5.69 Å². The lowest BCUT2D eigenvalue weighted by molar-refractivity contribution is 0.0700. The fourth-order valence-electron chi connectivity index (χ4n) is 2.31. The quantitative estimate of drug-likeness (QED) is 0.888. The van der Waals surface area contributed by atoms with E-state index in [1.807, 2.05) is 25.2 Å². The fraction of sp³-hybridized carbons (Fsp3) is 0.375. The molecule has 1 aliphatic rings. The molecule has 0 aliphatic heterocycles. The van der Waals surface area contributed by atoms with Crippen LogP contribution in [0, 0.1) is 0 Å². The van der Waals surface area contributed by atoms with E-state index in [2.05, 4.69) is 22.0 Å². The largest absolute Gasteiger partial charge is 0.477 e. The lowest BCUT2D eigenvalue weighted by Crippen LogP contribution is -2.20. The van der Waals surface area contributed by atoms with Gasteiger partial charge in [0, 0.05) is 19.5 Å². The summed E-state index contributed by atoms with van der Waals surface area (Å²) >= 11 is 1.29. The molecule has 1 aromatic heterocycles. The molecule has 0 atom stereocenters. The molecule has 3 rings (SSSR count). The molecule has 1 aliphatic carbocycles. The highest BCUT2D eigenvalue weighted by Gasteiger charge is 2.32. The first-order valence-electron chi connectivity index (χ1n) is 7.14. The minimum atomic E-state index is -0.850. The van der Waals surface area contributed by atoms with Gasteiger partial charge in [0.15, 0.2) is 5.13 Å². The molecule has 5 heteroatoms. The molecule has 1 heterocycles. The number of rotatable bonds is 6. The first kappa shape index (κ1) is 14.1. The first-order chi connectivity index (χ1) is 10.1. The maximum Gasteiger partial charge on any atom is 0.347 e. The van der Waals surface area contributed by atoms with Crippen molar-refractivity contribution in [2.75, 3.05) is 18.5 Å². The van der Waals surface area contributed by atoms with Crippen LogP contribution in [-0.2, 0) is 6.42 Å². The van der Waals surface area contributed by atoms with E-state index in [9.17, 15) is 9.90 Å². The van der Waals surface area contributed by atoms with Crippen LogP contribution in [0.1, 0.15) is 39.7 Å². The Hall–Kier alpha value is -1.88. The van der Waals surface area contributed by atoms with Crippen LogP contribution in [-0.4, -0.2) is 29.7 Å². The third kappa shape index (κ3) is 3.24. The number of carboxylic acid groups (broad SMARTS) is 1. The van der Waals surface area contributed by atoms with Crippen molar-refractivity contribution in [3.05, 3.63) is 46.5 Å². The molecule has 21 heavy (non-hydrogen) atoms.